The second-order valence-corrected chi connectivity index (χ2v) is 6.43. The van der Waals surface area contributed by atoms with E-state index in [-0.39, 0.29) is 12.6 Å². The SMILES string of the molecule is CCOC(=O)CS(=O)(=O)C1CCC(N)CC1. The van der Waals surface area contributed by atoms with Crippen molar-refractivity contribution >= 4 is 15.8 Å². The van der Waals surface area contributed by atoms with Crippen LogP contribution in [0.5, 0.6) is 0 Å². The lowest BCUT2D eigenvalue weighted by Gasteiger charge is -2.25. The van der Waals surface area contributed by atoms with Crippen molar-refractivity contribution in [2.75, 3.05) is 12.4 Å². The van der Waals surface area contributed by atoms with E-state index in [0.29, 0.717) is 25.7 Å². The smallest absolute Gasteiger partial charge is 0.321 e. The number of carbonyl (C=O) groups is 1. The van der Waals surface area contributed by atoms with Gasteiger partial charge >= 0.3 is 5.97 Å². The van der Waals surface area contributed by atoms with Crippen LogP contribution < -0.4 is 5.73 Å². The monoisotopic (exact) mass is 249 g/mol. The second kappa shape index (κ2) is 5.63. The summed E-state index contributed by atoms with van der Waals surface area (Å²) in [5, 5.41) is -0.420. The zero-order valence-corrected chi connectivity index (χ0v) is 10.3. The van der Waals surface area contributed by atoms with Gasteiger partial charge in [-0.05, 0) is 32.6 Å². The summed E-state index contributed by atoms with van der Waals surface area (Å²) in [6, 6.07) is 0.106. The molecule has 1 aliphatic carbocycles. The molecule has 94 valence electrons. The predicted octanol–water partition coefficient (Wildman–Crippen LogP) is 0.234. The summed E-state index contributed by atoms with van der Waals surface area (Å²) < 4.78 is 28.3. The van der Waals surface area contributed by atoms with E-state index in [1.807, 2.05) is 0 Å². The summed E-state index contributed by atoms with van der Waals surface area (Å²) in [7, 11) is -3.36. The van der Waals surface area contributed by atoms with Crippen LogP contribution in [0.25, 0.3) is 0 Å². The van der Waals surface area contributed by atoms with Gasteiger partial charge in [0.1, 0.15) is 5.75 Å². The van der Waals surface area contributed by atoms with Crippen LogP contribution in [-0.4, -0.2) is 38.0 Å². The highest BCUT2D eigenvalue weighted by Crippen LogP contribution is 2.23. The Balaban J connectivity index is 2.54. The molecule has 0 unspecified atom stereocenters. The van der Waals surface area contributed by atoms with Crippen LogP contribution >= 0.6 is 0 Å². The van der Waals surface area contributed by atoms with E-state index >= 15 is 0 Å². The Hall–Kier alpha value is -0.620. The van der Waals surface area contributed by atoms with Crippen molar-refractivity contribution in [3.05, 3.63) is 0 Å². The first-order chi connectivity index (χ1) is 7.45. The Labute approximate surface area is 96.3 Å². The normalized spacial score (nSPS) is 26.4. The summed E-state index contributed by atoms with van der Waals surface area (Å²) in [6.45, 7) is 1.87. The third-order valence-corrected chi connectivity index (χ3v) is 4.98. The van der Waals surface area contributed by atoms with E-state index in [1.54, 1.807) is 6.92 Å². The third kappa shape index (κ3) is 3.75. The molecule has 0 amide bonds. The number of carbonyl (C=O) groups excluding carboxylic acids is 1. The maximum Gasteiger partial charge on any atom is 0.321 e. The standard InChI is InChI=1S/C10H19NO4S/c1-2-15-10(12)7-16(13,14)9-5-3-8(11)4-6-9/h8-9H,2-7,11H2,1H3. The van der Waals surface area contributed by atoms with Gasteiger partial charge in [0.05, 0.1) is 11.9 Å². The first-order valence-corrected chi connectivity index (χ1v) is 7.30. The zero-order valence-electron chi connectivity index (χ0n) is 9.52. The van der Waals surface area contributed by atoms with Gasteiger partial charge in [-0.15, -0.1) is 0 Å². The molecule has 0 radical (unpaired) electrons. The second-order valence-electron chi connectivity index (χ2n) is 4.15. The Morgan fingerprint density at radius 3 is 2.38 bits per heavy atom. The van der Waals surface area contributed by atoms with E-state index in [1.165, 1.54) is 0 Å². The molecule has 0 spiro atoms. The van der Waals surface area contributed by atoms with Crippen LogP contribution in [0.4, 0.5) is 0 Å². The fourth-order valence-corrected chi connectivity index (χ4v) is 3.57. The average Bonchev–Trinajstić information content (AvgIpc) is 2.17. The largest absolute Gasteiger partial charge is 0.465 e. The van der Waals surface area contributed by atoms with Crippen LogP contribution in [0.15, 0.2) is 0 Å². The molecule has 6 heteroatoms. The third-order valence-electron chi connectivity index (χ3n) is 2.85. The highest BCUT2D eigenvalue weighted by molar-refractivity contribution is 7.92. The van der Waals surface area contributed by atoms with Crippen molar-refractivity contribution in [1.82, 2.24) is 0 Å². The van der Waals surface area contributed by atoms with Gasteiger partial charge in [0.25, 0.3) is 0 Å². The van der Waals surface area contributed by atoms with Gasteiger partial charge in [0, 0.05) is 6.04 Å². The van der Waals surface area contributed by atoms with Crippen molar-refractivity contribution < 1.29 is 17.9 Å². The Kier molecular flexibility index (Phi) is 4.73. The van der Waals surface area contributed by atoms with Crippen molar-refractivity contribution in [1.29, 1.82) is 0 Å². The lowest BCUT2D eigenvalue weighted by atomic mass is 9.96. The molecule has 1 rings (SSSR count). The Bertz CT molecular complexity index is 331. The lowest BCUT2D eigenvalue weighted by molar-refractivity contribution is -0.139. The molecule has 2 N–H and O–H groups in total. The molecule has 0 bridgehead atoms. The number of rotatable bonds is 4. The molecule has 5 nitrogen and oxygen atoms in total. The summed E-state index contributed by atoms with van der Waals surface area (Å²) in [5.74, 6) is -1.15. The average molecular weight is 249 g/mol. The molecule has 0 saturated heterocycles. The predicted molar refractivity (Wildman–Crippen MR) is 60.7 cm³/mol. The van der Waals surface area contributed by atoms with Gasteiger partial charge in [0.15, 0.2) is 9.84 Å². The minimum Gasteiger partial charge on any atom is -0.465 e. The lowest BCUT2D eigenvalue weighted by Crippen LogP contribution is -2.36. The molecule has 16 heavy (non-hydrogen) atoms. The van der Waals surface area contributed by atoms with Crippen LogP contribution in [0.3, 0.4) is 0 Å². The maximum absolute atomic E-state index is 11.8. The number of ether oxygens (including phenoxy) is 1. The van der Waals surface area contributed by atoms with Crippen molar-refractivity contribution in [2.45, 2.75) is 43.9 Å². The van der Waals surface area contributed by atoms with Crippen LogP contribution in [-0.2, 0) is 19.4 Å². The molecule has 0 aromatic rings. The molecule has 0 atom stereocenters. The van der Waals surface area contributed by atoms with Crippen molar-refractivity contribution in [3.8, 4) is 0 Å². The minimum atomic E-state index is -3.36. The molecule has 0 heterocycles. The fraction of sp³-hybridized carbons (Fsp3) is 0.900. The quantitative estimate of drug-likeness (QED) is 0.721. The highest BCUT2D eigenvalue weighted by Gasteiger charge is 2.31. The molecular formula is C10H19NO4S. The maximum atomic E-state index is 11.8. The van der Waals surface area contributed by atoms with Gasteiger partial charge in [-0.1, -0.05) is 0 Å². The van der Waals surface area contributed by atoms with Crippen LogP contribution in [0.2, 0.25) is 0 Å². The van der Waals surface area contributed by atoms with E-state index in [2.05, 4.69) is 4.74 Å². The van der Waals surface area contributed by atoms with E-state index < -0.39 is 26.8 Å². The van der Waals surface area contributed by atoms with Crippen LogP contribution in [0.1, 0.15) is 32.6 Å². The van der Waals surface area contributed by atoms with Crippen LogP contribution in [0, 0.1) is 0 Å². The van der Waals surface area contributed by atoms with E-state index in [4.69, 9.17) is 5.73 Å². The number of hydrogen-bond acceptors (Lipinski definition) is 5. The highest BCUT2D eigenvalue weighted by atomic mass is 32.2. The summed E-state index contributed by atoms with van der Waals surface area (Å²) >= 11 is 0. The van der Waals surface area contributed by atoms with Crippen molar-refractivity contribution in [2.24, 2.45) is 5.73 Å². The molecule has 1 fully saturated rings. The Morgan fingerprint density at radius 1 is 1.31 bits per heavy atom. The first kappa shape index (κ1) is 13.4. The molecule has 1 saturated carbocycles. The molecule has 0 aliphatic heterocycles. The molecule has 0 aromatic carbocycles. The number of sulfone groups is 1. The summed E-state index contributed by atoms with van der Waals surface area (Å²) in [5.41, 5.74) is 5.70. The van der Waals surface area contributed by atoms with Gasteiger partial charge in [-0.2, -0.15) is 0 Å². The molecule has 0 aromatic heterocycles. The molecular weight excluding hydrogens is 230 g/mol. The van der Waals surface area contributed by atoms with Gasteiger partial charge in [-0.3, -0.25) is 4.79 Å². The van der Waals surface area contributed by atoms with Gasteiger partial charge < -0.3 is 10.5 Å². The van der Waals surface area contributed by atoms with E-state index in [9.17, 15) is 13.2 Å². The number of nitrogens with two attached hydrogens (primary N) is 1. The topological polar surface area (TPSA) is 86.5 Å². The zero-order chi connectivity index (χ0) is 12.2. The van der Waals surface area contributed by atoms with Crippen molar-refractivity contribution in [3.63, 3.8) is 0 Å². The first-order valence-electron chi connectivity index (χ1n) is 5.58. The van der Waals surface area contributed by atoms with Gasteiger partial charge in [-0.25, -0.2) is 8.42 Å². The van der Waals surface area contributed by atoms with E-state index in [0.717, 1.165) is 0 Å². The number of hydrogen-bond donors (Lipinski definition) is 1. The summed E-state index contributed by atoms with van der Waals surface area (Å²) in [4.78, 5) is 11.1. The summed E-state index contributed by atoms with van der Waals surface area (Å²) in [6.07, 6.45) is 2.55. The van der Waals surface area contributed by atoms with Gasteiger partial charge in [0.2, 0.25) is 0 Å². The Morgan fingerprint density at radius 2 is 1.88 bits per heavy atom. The fourth-order valence-electron chi connectivity index (χ4n) is 1.93. The molecule has 1 aliphatic rings. The minimum absolute atomic E-state index is 0.106. The number of esters is 1.